The fourth-order valence-electron chi connectivity index (χ4n) is 3.87. The van der Waals surface area contributed by atoms with Gasteiger partial charge in [0.1, 0.15) is 5.75 Å². The van der Waals surface area contributed by atoms with E-state index in [2.05, 4.69) is 0 Å². The number of hydrogen-bond donors (Lipinski definition) is 3. The summed E-state index contributed by atoms with van der Waals surface area (Å²) in [6.45, 7) is 1.61. The van der Waals surface area contributed by atoms with Gasteiger partial charge in [-0.05, 0) is 31.2 Å². The predicted molar refractivity (Wildman–Crippen MR) is 100 cm³/mol. The van der Waals surface area contributed by atoms with Crippen molar-refractivity contribution in [2.24, 2.45) is 11.8 Å². The SMILES string of the molecule is O=C(O)N1CC[C@@H](C(=O)N2CCC(C(O)c3cc(Cl)c(Cl)cc3O)CC2)C1. The lowest BCUT2D eigenvalue weighted by atomic mass is 9.86. The predicted octanol–water partition coefficient (Wildman–Crippen LogP) is 2.97. The smallest absolute Gasteiger partial charge is 0.407 e. The highest BCUT2D eigenvalue weighted by molar-refractivity contribution is 6.42. The molecule has 2 heterocycles. The Morgan fingerprint density at radius 2 is 1.63 bits per heavy atom. The molecule has 2 atom stereocenters. The number of halogens is 2. The topological polar surface area (TPSA) is 101 Å². The van der Waals surface area contributed by atoms with Crippen molar-refractivity contribution in [3.05, 3.63) is 27.7 Å². The highest BCUT2D eigenvalue weighted by atomic mass is 35.5. The molecule has 2 saturated heterocycles. The number of carbonyl (C=O) groups excluding carboxylic acids is 1. The number of piperidine rings is 1. The first kappa shape index (κ1) is 20.0. The molecule has 7 nitrogen and oxygen atoms in total. The van der Waals surface area contributed by atoms with E-state index in [1.807, 2.05) is 0 Å². The Labute approximate surface area is 167 Å². The number of aliphatic hydroxyl groups is 1. The Hall–Kier alpha value is -1.70. The van der Waals surface area contributed by atoms with Crippen LogP contribution in [0, 0.1) is 11.8 Å². The van der Waals surface area contributed by atoms with Crippen molar-refractivity contribution in [2.75, 3.05) is 26.2 Å². The van der Waals surface area contributed by atoms with Crippen LogP contribution < -0.4 is 0 Å². The van der Waals surface area contributed by atoms with E-state index in [0.29, 0.717) is 44.5 Å². The summed E-state index contributed by atoms with van der Waals surface area (Å²) in [6, 6.07) is 2.79. The summed E-state index contributed by atoms with van der Waals surface area (Å²) >= 11 is 11.9. The van der Waals surface area contributed by atoms with Gasteiger partial charge in [0.05, 0.1) is 22.1 Å². The monoisotopic (exact) mass is 416 g/mol. The number of carboxylic acid groups (broad SMARTS) is 1. The number of likely N-dealkylation sites (tertiary alicyclic amines) is 2. The third-order valence-electron chi connectivity index (χ3n) is 5.49. The Balaban J connectivity index is 1.58. The number of carbonyl (C=O) groups is 2. The van der Waals surface area contributed by atoms with Gasteiger partial charge < -0.3 is 25.1 Å². The second-order valence-corrected chi connectivity index (χ2v) is 7.96. The summed E-state index contributed by atoms with van der Waals surface area (Å²) < 4.78 is 0. The highest BCUT2D eigenvalue weighted by Crippen LogP contribution is 2.39. The van der Waals surface area contributed by atoms with E-state index in [9.17, 15) is 19.8 Å². The van der Waals surface area contributed by atoms with Crippen molar-refractivity contribution >= 4 is 35.2 Å². The normalized spacial score (nSPS) is 22.1. The molecule has 2 aliphatic rings. The minimum absolute atomic E-state index is 0.0240. The van der Waals surface area contributed by atoms with Crippen molar-refractivity contribution < 1.29 is 24.9 Å². The van der Waals surface area contributed by atoms with Gasteiger partial charge in [0.15, 0.2) is 0 Å². The van der Waals surface area contributed by atoms with E-state index >= 15 is 0 Å². The van der Waals surface area contributed by atoms with Crippen LogP contribution in [0.3, 0.4) is 0 Å². The van der Waals surface area contributed by atoms with E-state index in [1.54, 1.807) is 4.90 Å². The fraction of sp³-hybridized carbons (Fsp3) is 0.556. The Kier molecular flexibility index (Phi) is 6.03. The van der Waals surface area contributed by atoms with Gasteiger partial charge in [-0.25, -0.2) is 4.79 Å². The van der Waals surface area contributed by atoms with Crippen LogP contribution in [-0.4, -0.2) is 63.3 Å². The molecule has 27 heavy (non-hydrogen) atoms. The van der Waals surface area contributed by atoms with Gasteiger partial charge in [-0.15, -0.1) is 0 Å². The van der Waals surface area contributed by atoms with Crippen molar-refractivity contribution in [3.63, 3.8) is 0 Å². The van der Waals surface area contributed by atoms with Gasteiger partial charge in [-0.1, -0.05) is 23.2 Å². The number of amides is 2. The minimum Gasteiger partial charge on any atom is -0.508 e. The summed E-state index contributed by atoms with van der Waals surface area (Å²) in [4.78, 5) is 26.6. The summed E-state index contributed by atoms with van der Waals surface area (Å²) in [7, 11) is 0. The van der Waals surface area contributed by atoms with Crippen molar-refractivity contribution in [3.8, 4) is 5.75 Å². The summed E-state index contributed by atoms with van der Waals surface area (Å²) in [5, 5.41) is 30.2. The number of aromatic hydroxyl groups is 1. The third kappa shape index (κ3) is 4.25. The first-order chi connectivity index (χ1) is 12.8. The molecule has 0 spiro atoms. The molecule has 2 aliphatic heterocycles. The van der Waals surface area contributed by atoms with E-state index in [0.717, 1.165) is 0 Å². The molecule has 9 heteroatoms. The standard InChI is InChI=1S/C18H22Cl2N2O5/c19-13-7-12(15(23)8-14(13)20)16(24)10-1-4-21(5-2-10)17(25)11-3-6-22(9-11)18(26)27/h7-8,10-11,16,23-24H,1-6,9H2,(H,26,27)/t11-,16?/m1/s1. The number of phenolic OH excluding ortho intramolecular Hbond substituents is 1. The van der Waals surface area contributed by atoms with Crippen LogP contribution in [0.5, 0.6) is 5.75 Å². The number of benzene rings is 1. The lowest BCUT2D eigenvalue weighted by Gasteiger charge is -2.35. The molecule has 2 amide bonds. The van der Waals surface area contributed by atoms with Crippen LogP contribution in [0.25, 0.3) is 0 Å². The molecule has 0 saturated carbocycles. The van der Waals surface area contributed by atoms with Gasteiger partial charge >= 0.3 is 6.09 Å². The first-order valence-corrected chi connectivity index (χ1v) is 9.66. The number of hydrogen-bond acceptors (Lipinski definition) is 4. The molecule has 0 bridgehead atoms. The van der Waals surface area contributed by atoms with Crippen molar-refractivity contribution in [1.82, 2.24) is 9.80 Å². The average molecular weight is 417 g/mol. The lowest BCUT2D eigenvalue weighted by Crippen LogP contribution is -2.43. The zero-order valence-corrected chi connectivity index (χ0v) is 16.2. The zero-order valence-electron chi connectivity index (χ0n) is 14.6. The molecule has 3 N–H and O–H groups in total. The van der Waals surface area contributed by atoms with Gasteiger partial charge in [-0.3, -0.25) is 4.79 Å². The Morgan fingerprint density at radius 3 is 2.22 bits per heavy atom. The van der Waals surface area contributed by atoms with Gasteiger partial charge in [0.2, 0.25) is 5.91 Å². The van der Waals surface area contributed by atoms with Crippen LogP contribution >= 0.6 is 23.2 Å². The minimum atomic E-state index is -0.992. The lowest BCUT2D eigenvalue weighted by molar-refractivity contribution is -0.137. The molecule has 1 aromatic rings. The van der Waals surface area contributed by atoms with Crippen molar-refractivity contribution in [2.45, 2.75) is 25.4 Å². The molecule has 0 aromatic heterocycles. The molecule has 2 fully saturated rings. The van der Waals surface area contributed by atoms with E-state index in [1.165, 1.54) is 17.0 Å². The second-order valence-electron chi connectivity index (χ2n) is 7.15. The van der Waals surface area contributed by atoms with E-state index in [4.69, 9.17) is 28.3 Å². The van der Waals surface area contributed by atoms with Crippen LogP contribution in [-0.2, 0) is 4.79 Å². The maximum Gasteiger partial charge on any atom is 0.407 e. The highest BCUT2D eigenvalue weighted by Gasteiger charge is 2.36. The summed E-state index contributed by atoms with van der Waals surface area (Å²) in [5.41, 5.74) is 0.335. The van der Waals surface area contributed by atoms with Gasteiger partial charge in [0.25, 0.3) is 0 Å². The maximum absolute atomic E-state index is 12.6. The van der Waals surface area contributed by atoms with Crippen molar-refractivity contribution in [1.29, 1.82) is 0 Å². The summed E-state index contributed by atoms with van der Waals surface area (Å²) in [6.07, 6.45) is -0.172. The molecule has 148 valence electrons. The molecule has 0 aliphatic carbocycles. The quantitative estimate of drug-likeness (QED) is 0.702. The molecule has 0 radical (unpaired) electrons. The van der Waals surface area contributed by atoms with Crippen LogP contribution in [0.2, 0.25) is 10.0 Å². The number of phenols is 1. The molecule has 1 unspecified atom stereocenters. The number of rotatable bonds is 3. The second kappa shape index (κ2) is 8.12. The average Bonchev–Trinajstić information content (AvgIpc) is 3.14. The van der Waals surface area contributed by atoms with Gasteiger partial charge in [0, 0.05) is 37.8 Å². The molecule has 1 aromatic carbocycles. The molecular formula is C18H22Cl2N2O5. The number of aliphatic hydroxyl groups excluding tert-OH is 1. The zero-order chi connectivity index (χ0) is 19.7. The summed E-state index contributed by atoms with van der Waals surface area (Å²) in [5.74, 6) is -0.530. The Morgan fingerprint density at radius 1 is 1.04 bits per heavy atom. The van der Waals surface area contributed by atoms with Crippen LogP contribution in [0.15, 0.2) is 12.1 Å². The number of nitrogens with zero attached hydrogens (tertiary/aromatic N) is 2. The van der Waals surface area contributed by atoms with Crippen LogP contribution in [0.1, 0.15) is 30.9 Å². The first-order valence-electron chi connectivity index (χ1n) is 8.90. The molecular weight excluding hydrogens is 395 g/mol. The Bertz CT molecular complexity index is 737. The third-order valence-corrected chi connectivity index (χ3v) is 6.22. The molecule has 3 rings (SSSR count). The van der Waals surface area contributed by atoms with Gasteiger partial charge in [-0.2, -0.15) is 0 Å². The van der Waals surface area contributed by atoms with Crippen LogP contribution in [0.4, 0.5) is 4.79 Å². The maximum atomic E-state index is 12.6. The van der Waals surface area contributed by atoms with E-state index in [-0.39, 0.29) is 40.1 Å². The van der Waals surface area contributed by atoms with E-state index < -0.39 is 12.2 Å². The fourth-order valence-corrected chi connectivity index (χ4v) is 4.20. The largest absolute Gasteiger partial charge is 0.508 e.